The first kappa shape index (κ1) is 13.6. The summed E-state index contributed by atoms with van der Waals surface area (Å²) >= 11 is 3.49. The van der Waals surface area contributed by atoms with E-state index in [-0.39, 0.29) is 18.0 Å². The Hall–Kier alpha value is -2.00. The van der Waals surface area contributed by atoms with Gasteiger partial charge in [-0.3, -0.25) is 4.79 Å². The first-order chi connectivity index (χ1) is 10.7. The van der Waals surface area contributed by atoms with Crippen molar-refractivity contribution in [2.45, 2.75) is 37.4 Å². The summed E-state index contributed by atoms with van der Waals surface area (Å²) in [5, 5.41) is 13.2. The van der Waals surface area contributed by atoms with Crippen molar-refractivity contribution in [1.29, 1.82) is 5.26 Å². The number of amides is 1. The van der Waals surface area contributed by atoms with E-state index < -0.39 is 0 Å². The zero-order valence-corrected chi connectivity index (χ0v) is 13.4. The molecule has 1 aromatic heterocycles. The van der Waals surface area contributed by atoms with Crippen LogP contribution in [-0.4, -0.2) is 33.9 Å². The first-order valence-electron chi connectivity index (χ1n) is 7.43. The molecule has 5 nitrogen and oxygen atoms in total. The van der Waals surface area contributed by atoms with E-state index in [9.17, 15) is 10.1 Å². The first-order valence-corrected chi connectivity index (χ1v) is 8.23. The molecule has 3 atom stereocenters. The molecule has 2 aromatic rings. The highest BCUT2D eigenvalue weighted by molar-refractivity contribution is 9.10. The van der Waals surface area contributed by atoms with E-state index in [0.717, 1.165) is 34.6 Å². The van der Waals surface area contributed by atoms with Crippen LogP contribution in [0.1, 0.15) is 29.6 Å². The number of nitriles is 1. The van der Waals surface area contributed by atoms with Crippen molar-refractivity contribution in [2.24, 2.45) is 0 Å². The van der Waals surface area contributed by atoms with Crippen LogP contribution >= 0.6 is 15.9 Å². The molecular weight excluding hydrogens is 344 g/mol. The Morgan fingerprint density at radius 1 is 1.45 bits per heavy atom. The maximum absolute atomic E-state index is 12.6. The predicted molar refractivity (Wildman–Crippen MR) is 86.1 cm³/mol. The van der Waals surface area contributed by atoms with Gasteiger partial charge in [0.05, 0.1) is 23.2 Å². The number of fused-ring (bicyclic) bond motifs is 3. The lowest BCUT2D eigenvalue weighted by atomic mass is 9.95. The highest BCUT2D eigenvalue weighted by Crippen LogP contribution is 2.37. The summed E-state index contributed by atoms with van der Waals surface area (Å²) in [5.41, 5.74) is 1.59. The smallest absolute Gasteiger partial charge is 0.253 e. The van der Waals surface area contributed by atoms with E-state index >= 15 is 0 Å². The number of H-pyrrole nitrogens is 1. The lowest BCUT2D eigenvalue weighted by Crippen LogP contribution is -2.43. The fraction of sp³-hybridized carbons (Fsp3) is 0.375. The number of carbonyl (C=O) groups is 1. The van der Waals surface area contributed by atoms with Gasteiger partial charge in [0.25, 0.3) is 5.91 Å². The number of nitrogens with zero attached hydrogens (tertiary/aromatic N) is 2. The third-order valence-corrected chi connectivity index (χ3v) is 5.54. The van der Waals surface area contributed by atoms with Crippen molar-refractivity contribution in [3.63, 3.8) is 0 Å². The zero-order valence-electron chi connectivity index (χ0n) is 11.8. The largest absolute Gasteiger partial charge is 0.359 e. The summed E-state index contributed by atoms with van der Waals surface area (Å²) in [7, 11) is 0. The number of hydrogen-bond acceptors (Lipinski definition) is 3. The van der Waals surface area contributed by atoms with Gasteiger partial charge in [-0.15, -0.1) is 0 Å². The molecule has 1 amide bonds. The molecule has 112 valence electrons. The van der Waals surface area contributed by atoms with Crippen LogP contribution in [0.4, 0.5) is 0 Å². The molecule has 3 heterocycles. The molecule has 0 radical (unpaired) electrons. The number of nitrogens with one attached hydrogen (secondary N) is 2. The lowest BCUT2D eigenvalue weighted by molar-refractivity contribution is 0.0930. The highest BCUT2D eigenvalue weighted by atomic mass is 79.9. The van der Waals surface area contributed by atoms with Gasteiger partial charge in [-0.25, -0.2) is 0 Å². The van der Waals surface area contributed by atoms with E-state index in [4.69, 9.17) is 0 Å². The van der Waals surface area contributed by atoms with Crippen LogP contribution in [0, 0.1) is 11.5 Å². The van der Waals surface area contributed by atoms with Gasteiger partial charge in [-0.2, -0.15) is 5.26 Å². The van der Waals surface area contributed by atoms with Crippen molar-refractivity contribution in [3.8, 4) is 6.19 Å². The second-order valence-electron chi connectivity index (χ2n) is 5.99. The molecule has 2 N–H and O–H groups in total. The highest BCUT2D eigenvalue weighted by Gasteiger charge is 2.46. The number of aromatic amines is 1. The summed E-state index contributed by atoms with van der Waals surface area (Å²) in [6, 6.07) is 6.34. The van der Waals surface area contributed by atoms with Crippen molar-refractivity contribution in [3.05, 3.63) is 34.4 Å². The monoisotopic (exact) mass is 358 g/mol. The Morgan fingerprint density at radius 3 is 3.09 bits per heavy atom. The second-order valence-corrected chi connectivity index (χ2v) is 6.84. The van der Waals surface area contributed by atoms with Gasteiger partial charge in [0.1, 0.15) is 0 Å². The fourth-order valence-electron chi connectivity index (χ4n) is 3.85. The van der Waals surface area contributed by atoms with Crippen molar-refractivity contribution < 1.29 is 4.79 Å². The van der Waals surface area contributed by atoms with E-state index in [1.807, 2.05) is 23.1 Å². The fourth-order valence-corrected chi connectivity index (χ4v) is 4.33. The number of hydrogen-bond donors (Lipinski definition) is 2. The maximum Gasteiger partial charge on any atom is 0.253 e. The van der Waals surface area contributed by atoms with E-state index in [1.165, 1.54) is 0 Å². The Labute approximate surface area is 136 Å². The molecule has 2 aliphatic heterocycles. The molecule has 0 unspecified atom stereocenters. The van der Waals surface area contributed by atoms with E-state index in [2.05, 4.69) is 32.4 Å². The minimum absolute atomic E-state index is 0.0696. The molecule has 6 heteroatoms. The molecule has 0 spiro atoms. The topological polar surface area (TPSA) is 71.9 Å². The SMILES string of the molecule is N#CN1[C@H]2CC[C@@H]1[C@H](NC(=O)c1c[nH]c3c(Br)cccc13)C2. The number of aromatic nitrogens is 1. The maximum atomic E-state index is 12.6. The molecule has 2 bridgehead atoms. The molecule has 0 saturated carbocycles. The average molecular weight is 359 g/mol. The van der Waals surface area contributed by atoms with Gasteiger partial charge >= 0.3 is 0 Å². The van der Waals surface area contributed by atoms with Crippen molar-refractivity contribution in [1.82, 2.24) is 15.2 Å². The third kappa shape index (κ3) is 1.92. The Balaban J connectivity index is 1.58. The Morgan fingerprint density at radius 2 is 2.32 bits per heavy atom. The predicted octanol–water partition coefficient (Wildman–Crippen LogP) is 2.75. The van der Waals surface area contributed by atoms with Gasteiger partial charge in [-0.05, 0) is 41.3 Å². The molecular formula is C16H15BrN4O. The summed E-state index contributed by atoms with van der Waals surface area (Å²) in [5.74, 6) is -0.0696. The van der Waals surface area contributed by atoms with Crippen molar-refractivity contribution >= 4 is 32.7 Å². The van der Waals surface area contributed by atoms with Crippen LogP contribution in [-0.2, 0) is 0 Å². The lowest BCUT2D eigenvalue weighted by Gasteiger charge is -2.21. The summed E-state index contributed by atoms with van der Waals surface area (Å²) in [6.45, 7) is 0. The van der Waals surface area contributed by atoms with Crippen LogP contribution in [0.5, 0.6) is 0 Å². The van der Waals surface area contributed by atoms with Gasteiger partial charge in [0.15, 0.2) is 6.19 Å². The normalized spacial score (nSPS) is 26.4. The minimum Gasteiger partial charge on any atom is -0.359 e. The molecule has 4 rings (SSSR count). The molecule has 22 heavy (non-hydrogen) atoms. The summed E-state index contributed by atoms with van der Waals surface area (Å²) in [6.07, 6.45) is 6.94. The van der Waals surface area contributed by atoms with Crippen LogP contribution in [0.2, 0.25) is 0 Å². The Bertz CT molecular complexity index is 793. The van der Waals surface area contributed by atoms with E-state index in [0.29, 0.717) is 11.6 Å². The summed E-state index contributed by atoms with van der Waals surface area (Å²) in [4.78, 5) is 17.6. The van der Waals surface area contributed by atoms with Crippen molar-refractivity contribution in [2.75, 3.05) is 0 Å². The van der Waals surface area contributed by atoms with Crippen LogP contribution < -0.4 is 5.32 Å². The van der Waals surface area contributed by atoms with Crippen LogP contribution in [0.3, 0.4) is 0 Å². The zero-order chi connectivity index (χ0) is 15.3. The number of rotatable bonds is 2. The number of benzene rings is 1. The molecule has 2 aliphatic rings. The number of para-hydroxylation sites is 1. The van der Waals surface area contributed by atoms with Gasteiger partial charge < -0.3 is 15.2 Å². The Kier molecular flexibility index (Phi) is 3.12. The van der Waals surface area contributed by atoms with Crippen LogP contribution in [0.15, 0.2) is 28.9 Å². The van der Waals surface area contributed by atoms with Crippen LogP contribution in [0.25, 0.3) is 10.9 Å². The number of carbonyl (C=O) groups excluding carboxylic acids is 1. The standard InChI is InChI=1S/C16H15BrN4O/c17-12-3-1-2-10-11(7-19-15(10)12)16(22)20-13-6-9-4-5-14(13)21(9)8-18/h1-3,7,9,13-14,19H,4-6H2,(H,20,22)/t9-,13+,14+/m0/s1. The minimum atomic E-state index is -0.0696. The van der Waals surface area contributed by atoms with Gasteiger partial charge in [0, 0.05) is 22.1 Å². The molecule has 0 aliphatic carbocycles. The van der Waals surface area contributed by atoms with Gasteiger partial charge in [-0.1, -0.05) is 12.1 Å². The summed E-state index contributed by atoms with van der Waals surface area (Å²) < 4.78 is 0.944. The molecule has 2 fully saturated rings. The molecule has 2 saturated heterocycles. The van der Waals surface area contributed by atoms with Gasteiger partial charge in [0.2, 0.25) is 0 Å². The second kappa shape index (κ2) is 5.03. The molecule has 1 aromatic carbocycles. The third-order valence-electron chi connectivity index (χ3n) is 4.88. The quantitative estimate of drug-likeness (QED) is 0.810. The van der Waals surface area contributed by atoms with E-state index in [1.54, 1.807) is 6.20 Å². The number of halogens is 1. The average Bonchev–Trinajstić information content (AvgIpc) is 3.18.